The second kappa shape index (κ2) is 5.74. The fourth-order valence-electron chi connectivity index (χ4n) is 2.09. The molecule has 0 aliphatic carbocycles. The summed E-state index contributed by atoms with van der Waals surface area (Å²) in [4.78, 5) is 28.1. The smallest absolute Gasteiger partial charge is 0.311 e. The summed E-state index contributed by atoms with van der Waals surface area (Å²) in [6, 6.07) is 6.51. The molecule has 1 unspecified atom stereocenters. The molecule has 0 saturated carbocycles. The van der Waals surface area contributed by atoms with E-state index < -0.39 is 11.0 Å². The number of nitrogens with zero attached hydrogens (tertiary/aromatic N) is 3. The number of pyridine rings is 1. The van der Waals surface area contributed by atoms with Crippen LogP contribution in [0.15, 0.2) is 30.5 Å². The van der Waals surface area contributed by atoms with E-state index in [1.54, 1.807) is 45.3 Å². The zero-order valence-electron chi connectivity index (χ0n) is 12.0. The lowest BCUT2D eigenvalue weighted by Gasteiger charge is -2.19. The number of nitro groups is 1. The molecule has 1 aromatic heterocycles. The summed E-state index contributed by atoms with van der Waals surface area (Å²) in [6.07, 6.45) is 1.21. The number of rotatable bonds is 4. The zero-order valence-corrected chi connectivity index (χ0v) is 12.0. The number of likely N-dealkylation sites (N-methyl/N-ethyl adjacent to an activating group) is 1. The Hall–Kier alpha value is -2.70. The van der Waals surface area contributed by atoms with Crippen LogP contribution in [-0.4, -0.2) is 40.9 Å². The molecular weight excluding hydrogens is 272 g/mol. The first-order chi connectivity index (χ1) is 9.91. The van der Waals surface area contributed by atoms with Gasteiger partial charge in [0.25, 0.3) is 0 Å². The van der Waals surface area contributed by atoms with Gasteiger partial charge in [-0.15, -0.1) is 0 Å². The Morgan fingerprint density at radius 2 is 2.05 bits per heavy atom. The fourth-order valence-corrected chi connectivity index (χ4v) is 2.09. The largest absolute Gasteiger partial charge is 0.368 e. The van der Waals surface area contributed by atoms with Crippen molar-refractivity contribution in [2.24, 2.45) is 0 Å². The molecule has 1 N–H and O–H groups in total. The van der Waals surface area contributed by atoms with Crippen LogP contribution < -0.4 is 5.32 Å². The van der Waals surface area contributed by atoms with E-state index in [2.05, 4.69) is 10.3 Å². The van der Waals surface area contributed by atoms with Gasteiger partial charge in [-0.1, -0.05) is 18.2 Å². The lowest BCUT2D eigenvalue weighted by molar-refractivity contribution is -0.384. The molecule has 1 atom stereocenters. The van der Waals surface area contributed by atoms with Crippen molar-refractivity contribution in [2.45, 2.75) is 13.0 Å². The average Bonchev–Trinajstić information content (AvgIpc) is 2.46. The van der Waals surface area contributed by atoms with Gasteiger partial charge < -0.3 is 10.2 Å². The Morgan fingerprint density at radius 3 is 2.67 bits per heavy atom. The number of carbonyl (C=O) groups is 1. The van der Waals surface area contributed by atoms with Crippen molar-refractivity contribution in [3.05, 3.63) is 40.6 Å². The molecule has 0 radical (unpaired) electrons. The topological polar surface area (TPSA) is 88.4 Å². The van der Waals surface area contributed by atoms with Crippen molar-refractivity contribution >= 4 is 28.2 Å². The maximum atomic E-state index is 11.9. The lowest BCUT2D eigenvalue weighted by Crippen LogP contribution is -2.36. The van der Waals surface area contributed by atoms with Crippen molar-refractivity contribution in [3.63, 3.8) is 0 Å². The molecule has 0 aliphatic heterocycles. The Balaban J connectivity index is 2.52. The minimum Gasteiger partial charge on any atom is -0.368 e. The average molecular weight is 288 g/mol. The Kier molecular flexibility index (Phi) is 4.02. The summed E-state index contributed by atoms with van der Waals surface area (Å²) in [5.74, 6) is -0.162. The molecular formula is C14H16N4O3. The van der Waals surface area contributed by atoms with E-state index in [-0.39, 0.29) is 11.6 Å². The minimum atomic E-state index is -0.579. The van der Waals surface area contributed by atoms with Gasteiger partial charge in [0, 0.05) is 19.5 Å². The molecule has 7 nitrogen and oxygen atoms in total. The van der Waals surface area contributed by atoms with Crippen LogP contribution in [0.5, 0.6) is 0 Å². The lowest BCUT2D eigenvalue weighted by atomic mass is 10.1. The van der Waals surface area contributed by atoms with Gasteiger partial charge in [-0.2, -0.15) is 0 Å². The second-order valence-corrected chi connectivity index (χ2v) is 4.89. The van der Waals surface area contributed by atoms with Gasteiger partial charge in [-0.25, -0.2) is 4.98 Å². The zero-order chi connectivity index (χ0) is 15.6. The number of benzene rings is 1. The molecule has 1 aromatic carbocycles. The van der Waals surface area contributed by atoms with Gasteiger partial charge in [0.1, 0.15) is 17.9 Å². The first-order valence-electron chi connectivity index (χ1n) is 6.41. The number of carbonyl (C=O) groups excluding carboxylic acids is 1. The fraction of sp³-hybridized carbons (Fsp3) is 0.286. The molecule has 2 rings (SSSR count). The van der Waals surface area contributed by atoms with Gasteiger partial charge in [0.2, 0.25) is 5.91 Å². The number of para-hydroxylation sites is 1. The third-order valence-electron chi connectivity index (χ3n) is 3.12. The SMILES string of the molecule is CC(Nc1c([N+](=O)[O-])cnc2ccccc12)C(=O)N(C)C. The normalized spacial score (nSPS) is 12.0. The third-order valence-corrected chi connectivity index (χ3v) is 3.12. The maximum Gasteiger partial charge on any atom is 0.311 e. The number of aromatic nitrogens is 1. The van der Waals surface area contributed by atoms with Crippen molar-refractivity contribution in [2.75, 3.05) is 19.4 Å². The van der Waals surface area contributed by atoms with Crippen LogP contribution in [0.1, 0.15) is 6.92 Å². The van der Waals surface area contributed by atoms with Gasteiger partial charge in [0.05, 0.1) is 10.4 Å². The predicted molar refractivity (Wildman–Crippen MR) is 80.2 cm³/mol. The molecule has 110 valence electrons. The first kappa shape index (κ1) is 14.7. The molecule has 7 heteroatoms. The van der Waals surface area contributed by atoms with Crippen LogP contribution in [0.3, 0.4) is 0 Å². The van der Waals surface area contributed by atoms with Crippen LogP contribution in [-0.2, 0) is 4.79 Å². The second-order valence-electron chi connectivity index (χ2n) is 4.89. The molecule has 21 heavy (non-hydrogen) atoms. The van der Waals surface area contributed by atoms with E-state index in [1.807, 2.05) is 0 Å². The van der Waals surface area contributed by atoms with E-state index in [0.717, 1.165) is 0 Å². The Labute approximate surface area is 121 Å². The number of hydrogen-bond acceptors (Lipinski definition) is 5. The molecule has 0 aliphatic rings. The van der Waals surface area contributed by atoms with Crippen LogP contribution in [0, 0.1) is 10.1 Å². The number of hydrogen-bond donors (Lipinski definition) is 1. The summed E-state index contributed by atoms with van der Waals surface area (Å²) in [6.45, 7) is 1.67. The molecule has 1 amide bonds. The summed E-state index contributed by atoms with van der Waals surface area (Å²) < 4.78 is 0. The van der Waals surface area contributed by atoms with Crippen molar-refractivity contribution in [1.82, 2.24) is 9.88 Å². The van der Waals surface area contributed by atoms with Crippen LogP contribution in [0.4, 0.5) is 11.4 Å². The van der Waals surface area contributed by atoms with Gasteiger partial charge in [-0.3, -0.25) is 14.9 Å². The molecule has 0 spiro atoms. The monoisotopic (exact) mass is 288 g/mol. The first-order valence-corrected chi connectivity index (χ1v) is 6.41. The minimum absolute atomic E-state index is 0.146. The van der Waals surface area contributed by atoms with Crippen LogP contribution in [0.25, 0.3) is 10.9 Å². The number of amides is 1. The maximum absolute atomic E-state index is 11.9. The quantitative estimate of drug-likeness (QED) is 0.687. The number of anilines is 1. The van der Waals surface area contributed by atoms with E-state index >= 15 is 0 Å². The van der Waals surface area contributed by atoms with Gasteiger partial charge in [-0.05, 0) is 13.0 Å². The van der Waals surface area contributed by atoms with Crippen molar-refractivity contribution < 1.29 is 9.72 Å². The van der Waals surface area contributed by atoms with E-state index in [4.69, 9.17) is 0 Å². The summed E-state index contributed by atoms with van der Waals surface area (Å²) in [5, 5.41) is 14.7. The standard InChI is InChI=1S/C14H16N4O3/c1-9(14(19)17(2)3)16-13-10-6-4-5-7-11(10)15-8-12(13)18(20)21/h4-9H,1-3H3,(H,15,16). The van der Waals surface area contributed by atoms with E-state index in [0.29, 0.717) is 16.6 Å². The summed E-state index contributed by atoms with van der Waals surface area (Å²) >= 11 is 0. The molecule has 0 bridgehead atoms. The molecule has 0 fully saturated rings. The van der Waals surface area contributed by atoms with Crippen LogP contribution >= 0.6 is 0 Å². The molecule has 2 aromatic rings. The number of fused-ring (bicyclic) bond motifs is 1. The highest BCUT2D eigenvalue weighted by Gasteiger charge is 2.22. The Morgan fingerprint density at radius 1 is 1.38 bits per heavy atom. The molecule has 1 heterocycles. The van der Waals surface area contributed by atoms with Crippen molar-refractivity contribution in [1.29, 1.82) is 0 Å². The highest BCUT2D eigenvalue weighted by molar-refractivity contribution is 5.97. The highest BCUT2D eigenvalue weighted by Crippen LogP contribution is 2.31. The van der Waals surface area contributed by atoms with Crippen molar-refractivity contribution in [3.8, 4) is 0 Å². The Bertz CT molecular complexity index is 700. The highest BCUT2D eigenvalue weighted by atomic mass is 16.6. The number of nitrogens with one attached hydrogen (secondary N) is 1. The summed E-state index contributed by atoms with van der Waals surface area (Å²) in [7, 11) is 3.28. The third kappa shape index (κ3) is 2.91. The summed E-state index contributed by atoms with van der Waals surface area (Å²) in [5.41, 5.74) is 0.801. The van der Waals surface area contributed by atoms with Gasteiger partial charge >= 0.3 is 5.69 Å². The predicted octanol–water partition coefficient (Wildman–Crippen LogP) is 2.03. The van der Waals surface area contributed by atoms with Gasteiger partial charge in [0.15, 0.2) is 0 Å². The molecule has 0 saturated heterocycles. The van der Waals surface area contributed by atoms with E-state index in [9.17, 15) is 14.9 Å². The van der Waals surface area contributed by atoms with E-state index in [1.165, 1.54) is 11.1 Å². The van der Waals surface area contributed by atoms with Crippen LogP contribution in [0.2, 0.25) is 0 Å².